The van der Waals surface area contributed by atoms with Crippen LogP contribution in [0.15, 0.2) is 36.5 Å². The highest BCUT2D eigenvalue weighted by molar-refractivity contribution is 5.78. The fourth-order valence-electron chi connectivity index (χ4n) is 1.56. The van der Waals surface area contributed by atoms with Crippen LogP contribution in [0.2, 0.25) is 0 Å². The normalized spacial score (nSPS) is 11.9. The molecule has 2 nitrogen and oxygen atoms in total. The Kier molecular flexibility index (Phi) is 2.45. The summed E-state index contributed by atoms with van der Waals surface area (Å²) in [5, 5.41) is 4.48. The third-order valence-electron chi connectivity index (χ3n) is 2.94. The maximum atomic E-state index is 4.46. The van der Waals surface area contributed by atoms with Crippen LogP contribution in [0.3, 0.4) is 0 Å². The largest absolute Gasteiger partial charge is 0.311 e. The molecular weight excluding hydrogens is 184 g/mol. The molecule has 0 spiro atoms. The first-order valence-corrected chi connectivity index (χ1v) is 5.18. The van der Waals surface area contributed by atoms with Gasteiger partial charge in [0.25, 0.3) is 0 Å². The van der Waals surface area contributed by atoms with E-state index in [1.165, 1.54) is 10.9 Å². The van der Waals surface area contributed by atoms with Crippen LogP contribution in [0.25, 0.3) is 10.9 Å². The van der Waals surface area contributed by atoms with Crippen molar-refractivity contribution in [2.45, 2.75) is 19.4 Å². The van der Waals surface area contributed by atoms with Gasteiger partial charge in [0.2, 0.25) is 0 Å². The van der Waals surface area contributed by atoms with Crippen LogP contribution in [0.1, 0.15) is 19.4 Å². The zero-order valence-electron chi connectivity index (χ0n) is 9.41. The summed E-state index contributed by atoms with van der Waals surface area (Å²) in [4.78, 5) is 4.46. The second-order valence-electron chi connectivity index (χ2n) is 4.29. The number of aromatic nitrogens is 1. The number of nitrogens with zero attached hydrogens (tertiary/aromatic N) is 1. The van der Waals surface area contributed by atoms with E-state index >= 15 is 0 Å². The van der Waals surface area contributed by atoms with E-state index in [2.05, 4.69) is 36.3 Å². The molecule has 2 heteroatoms. The van der Waals surface area contributed by atoms with Gasteiger partial charge >= 0.3 is 0 Å². The molecule has 0 radical (unpaired) electrons. The molecule has 0 aliphatic carbocycles. The predicted molar refractivity (Wildman–Crippen MR) is 63.8 cm³/mol. The average molecular weight is 200 g/mol. The van der Waals surface area contributed by atoms with E-state index in [1.54, 1.807) is 0 Å². The quantitative estimate of drug-likeness (QED) is 0.806. The molecule has 0 amide bonds. The Morgan fingerprint density at radius 1 is 1.20 bits per heavy atom. The zero-order valence-corrected chi connectivity index (χ0v) is 9.41. The maximum absolute atomic E-state index is 4.46. The van der Waals surface area contributed by atoms with Gasteiger partial charge in [-0.1, -0.05) is 18.2 Å². The van der Waals surface area contributed by atoms with Gasteiger partial charge in [-0.15, -0.1) is 0 Å². The van der Waals surface area contributed by atoms with Gasteiger partial charge in [-0.2, -0.15) is 0 Å². The van der Waals surface area contributed by atoms with Crippen molar-refractivity contribution in [1.29, 1.82) is 0 Å². The van der Waals surface area contributed by atoms with Gasteiger partial charge in [-0.05, 0) is 38.6 Å². The number of nitrogens with one attached hydrogen (secondary N) is 1. The van der Waals surface area contributed by atoms with Crippen LogP contribution < -0.4 is 5.32 Å². The molecule has 0 saturated carbocycles. The van der Waals surface area contributed by atoms with Crippen LogP contribution in [-0.2, 0) is 5.54 Å². The summed E-state index contributed by atoms with van der Waals surface area (Å²) in [6.07, 6.45) is 1.94. The first-order chi connectivity index (χ1) is 7.13. The number of hydrogen-bond acceptors (Lipinski definition) is 2. The van der Waals surface area contributed by atoms with Crippen molar-refractivity contribution in [2.75, 3.05) is 7.05 Å². The standard InChI is InChI=1S/C13H16N2/c1-13(2,14-3)11-8-10-6-4-5-7-12(10)15-9-11/h4-9,14H,1-3H3. The Balaban J connectivity index is 2.56. The summed E-state index contributed by atoms with van der Waals surface area (Å²) in [5.41, 5.74) is 2.23. The van der Waals surface area contributed by atoms with Gasteiger partial charge < -0.3 is 5.32 Å². The molecule has 1 aromatic carbocycles. The molecule has 1 heterocycles. The summed E-state index contributed by atoms with van der Waals surface area (Å²) in [6.45, 7) is 4.30. The molecule has 0 atom stereocenters. The summed E-state index contributed by atoms with van der Waals surface area (Å²) < 4.78 is 0. The monoisotopic (exact) mass is 200 g/mol. The van der Waals surface area contributed by atoms with Gasteiger partial charge in [-0.25, -0.2) is 0 Å². The van der Waals surface area contributed by atoms with Crippen molar-refractivity contribution in [3.8, 4) is 0 Å². The van der Waals surface area contributed by atoms with Crippen molar-refractivity contribution >= 4 is 10.9 Å². The van der Waals surface area contributed by atoms with Gasteiger partial charge in [0.05, 0.1) is 5.52 Å². The Bertz CT molecular complexity index is 475. The third-order valence-corrected chi connectivity index (χ3v) is 2.94. The number of benzene rings is 1. The lowest BCUT2D eigenvalue weighted by Crippen LogP contribution is -2.33. The highest BCUT2D eigenvalue weighted by atomic mass is 14.9. The maximum Gasteiger partial charge on any atom is 0.0702 e. The highest BCUT2D eigenvalue weighted by Crippen LogP contribution is 2.22. The van der Waals surface area contributed by atoms with Gasteiger partial charge in [0.15, 0.2) is 0 Å². The smallest absolute Gasteiger partial charge is 0.0702 e. The zero-order chi connectivity index (χ0) is 10.9. The summed E-state index contributed by atoms with van der Waals surface area (Å²) in [5.74, 6) is 0. The Morgan fingerprint density at radius 3 is 2.67 bits per heavy atom. The molecule has 15 heavy (non-hydrogen) atoms. The van der Waals surface area contributed by atoms with Gasteiger partial charge in [0, 0.05) is 17.1 Å². The average Bonchev–Trinajstić information content (AvgIpc) is 2.28. The molecule has 2 aromatic rings. The Hall–Kier alpha value is -1.41. The van der Waals surface area contributed by atoms with E-state index in [0.717, 1.165) is 5.52 Å². The number of hydrogen-bond donors (Lipinski definition) is 1. The Morgan fingerprint density at radius 2 is 1.93 bits per heavy atom. The topological polar surface area (TPSA) is 24.9 Å². The molecular formula is C13H16N2. The first kappa shape index (κ1) is 10.1. The minimum Gasteiger partial charge on any atom is -0.311 e. The third kappa shape index (κ3) is 1.85. The fraction of sp³-hybridized carbons (Fsp3) is 0.308. The van der Waals surface area contributed by atoms with E-state index < -0.39 is 0 Å². The molecule has 0 aliphatic rings. The van der Waals surface area contributed by atoms with E-state index in [1.807, 2.05) is 31.4 Å². The molecule has 0 fully saturated rings. The lowest BCUT2D eigenvalue weighted by atomic mass is 9.95. The van der Waals surface area contributed by atoms with Crippen molar-refractivity contribution in [3.63, 3.8) is 0 Å². The van der Waals surface area contributed by atoms with Crippen LogP contribution in [-0.4, -0.2) is 12.0 Å². The summed E-state index contributed by atoms with van der Waals surface area (Å²) in [7, 11) is 1.97. The second-order valence-corrected chi connectivity index (χ2v) is 4.29. The number of para-hydroxylation sites is 1. The molecule has 1 N–H and O–H groups in total. The molecule has 0 saturated heterocycles. The molecule has 0 aliphatic heterocycles. The van der Waals surface area contributed by atoms with E-state index in [9.17, 15) is 0 Å². The van der Waals surface area contributed by atoms with E-state index in [-0.39, 0.29) is 5.54 Å². The van der Waals surface area contributed by atoms with E-state index in [4.69, 9.17) is 0 Å². The first-order valence-electron chi connectivity index (χ1n) is 5.18. The second kappa shape index (κ2) is 3.63. The minimum atomic E-state index is -0.0307. The van der Waals surface area contributed by atoms with Crippen molar-refractivity contribution in [2.24, 2.45) is 0 Å². The van der Waals surface area contributed by atoms with Gasteiger partial charge in [0.1, 0.15) is 0 Å². The van der Waals surface area contributed by atoms with Crippen LogP contribution in [0, 0.1) is 0 Å². The minimum absolute atomic E-state index is 0.0307. The molecule has 0 bridgehead atoms. The van der Waals surface area contributed by atoms with Crippen LogP contribution in [0.5, 0.6) is 0 Å². The number of pyridine rings is 1. The Labute approximate surface area is 90.3 Å². The fourth-order valence-corrected chi connectivity index (χ4v) is 1.56. The van der Waals surface area contributed by atoms with Crippen molar-refractivity contribution in [3.05, 3.63) is 42.1 Å². The number of fused-ring (bicyclic) bond motifs is 1. The number of rotatable bonds is 2. The highest BCUT2D eigenvalue weighted by Gasteiger charge is 2.17. The molecule has 2 rings (SSSR count). The molecule has 0 unspecified atom stereocenters. The van der Waals surface area contributed by atoms with Crippen molar-refractivity contribution in [1.82, 2.24) is 10.3 Å². The van der Waals surface area contributed by atoms with Crippen LogP contribution in [0.4, 0.5) is 0 Å². The summed E-state index contributed by atoms with van der Waals surface area (Å²) in [6, 6.07) is 10.4. The van der Waals surface area contributed by atoms with Crippen LogP contribution >= 0.6 is 0 Å². The van der Waals surface area contributed by atoms with Crippen molar-refractivity contribution < 1.29 is 0 Å². The summed E-state index contributed by atoms with van der Waals surface area (Å²) >= 11 is 0. The lowest BCUT2D eigenvalue weighted by Gasteiger charge is -2.24. The molecule has 78 valence electrons. The lowest BCUT2D eigenvalue weighted by molar-refractivity contribution is 0.444. The SMILES string of the molecule is CNC(C)(C)c1cnc2ccccc2c1. The molecule has 1 aromatic heterocycles. The van der Waals surface area contributed by atoms with E-state index in [0.29, 0.717) is 0 Å². The predicted octanol–water partition coefficient (Wildman–Crippen LogP) is 2.69. The van der Waals surface area contributed by atoms with Gasteiger partial charge in [-0.3, -0.25) is 4.98 Å².